The quantitative estimate of drug-likeness (QED) is 0.375. The van der Waals surface area contributed by atoms with Crippen LogP contribution in [0, 0.1) is 0 Å². The van der Waals surface area contributed by atoms with Gasteiger partial charge in [-0.1, -0.05) is 0 Å². The van der Waals surface area contributed by atoms with Crippen LogP contribution < -0.4 is 10.3 Å². The fourth-order valence-electron chi connectivity index (χ4n) is 3.64. The highest BCUT2D eigenvalue weighted by atomic mass is 32.2. The number of esters is 1. The van der Waals surface area contributed by atoms with E-state index in [2.05, 4.69) is 4.98 Å². The number of fused-ring (bicyclic) bond motifs is 1. The third kappa shape index (κ3) is 5.45. The first-order valence-electron chi connectivity index (χ1n) is 10.4. The highest BCUT2D eigenvalue weighted by Gasteiger charge is 2.27. The van der Waals surface area contributed by atoms with Crippen LogP contribution in [0.4, 0.5) is 0 Å². The Labute approximate surface area is 199 Å². The monoisotopic (exact) mass is 485 g/mol. The number of amides is 1. The lowest BCUT2D eigenvalue weighted by molar-refractivity contribution is -0.128. The zero-order valence-corrected chi connectivity index (χ0v) is 19.7. The van der Waals surface area contributed by atoms with Crippen molar-refractivity contribution in [3.05, 3.63) is 74.6 Å². The SMILES string of the molecule is COC(=O)c1c(OCc2ccsc2)cc(=O)n2c1CCN(C(=O)CSc1ccncc1)CC2. The number of carbonyl (C=O) groups excluding carboxylic acids is 2. The van der Waals surface area contributed by atoms with Gasteiger partial charge >= 0.3 is 5.97 Å². The number of pyridine rings is 2. The molecule has 0 atom stereocenters. The van der Waals surface area contributed by atoms with E-state index in [0.717, 1.165) is 10.5 Å². The number of hydrogen-bond acceptors (Lipinski definition) is 8. The van der Waals surface area contributed by atoms with Gasteiger partial charge in [-0.15, -0.1) is 11.8 Å². The molecule has 1 amide bonds. The molecule has 0 aliphatic carbocycles. The minimum atomic E-state index is -0.563. The average Bonchev–Trinajstić information content (AvgIpc) is 3.26. The maximum atomic E-state index is 12.9. The molecule has 1 aliphatic heterocycles. The molecule has 3 aromatic rings. The molecular weight excluding hydrogens is 462 g/mol. The van der Waals surface area contributed by atoms with E-state index in [1.54, 1.807) is 33.2 Å². The Hall–Kier alpha value is -3.11. The third-order valence-electron chi connectivity index (χ3n) is 5.32. The lowest BCUT2D eigenvalue weighted by atomic mass is 10.1. The molecule has 0 radical (unpaired) electrons. The molecule has 1 aliphatic rings. The van der Waals surface area contributed by atoms with Crippen LogP contribution in [0.5, 0.6) is 5.75 Å². The lowest BCUT2D eigenvalue weighted by Crippen LogP contribution is -2.35. The third-order valence-corrected chi connectivity index (χ3v) is 7.05. The molecule has 10 heteroatoms. The van der Waals surface area contributed by atoms with Crippen LogP contribution in [-0.4, -0.2) is 52.3 Å². The summed E-state index contributed by atoms with van der Waals surface area (Å²) in [5.41, 5.74) is 1.47. The Balaban J connectivity index is 1.53. The molecule has 172 valence electrons. The fourth-order valence-corrected chi connectivity index (χ4v) is 5.08. The summed E-state index contributed by atoms with van der Waals surface area (Å²) >= 11 is 2.99. The predicted octanol–water partition coefficient (Wildman–Crippen LogP) is 2.85. The first kappa shape index (κ1) is 23.1. The molecule has 3 aromatic heterocycles. The number of aromatic nitrogens is 2. The van der Waals surface area contributed by atoms with Gasteiger partial charge in [0.25, 0.3) is 5.56 Å². The van der Waals surface area contributed by atoms with E-state index in [0.29, 0.717) is 31.7 Å². The van der Waals surface area contributed by atoms with Crippen LogP contribution in [0.1, 0.15) is 21.6 Å². The van der Waals surface area contributed by atoms with Gasteiger partial charge in [0, 0.05) is 55.1 Å². The molecule has 0 spiro atoms. The van der Waals surface area contributed by atoms with Crippen molar-refractivity contribution in [3.63, 3.8) is 0 Å². The summed E-state index contributed by atoms with van der Waals surface area (Å²) < 4.78 is 12.4. The van der Waals surface area contributed by atoms with E-state index in [9.17, 15) is 14.4 Å². The van der Waals surface area contributed by atoms with Crippen LogP contribution in [0.2, 0.25) is 0 Å². The Morgan fingerprint density at radius 1 is 1.18 bits per heavy atom. The Bertz CT molecular complexity index is 1180. The van der Waals surface area contributed by atoms with Crippen LogP contribution in [-0.2, 0) is 29.1 Å². The lowest BCUT2D eigenvalue weighted by Gasteiger charge is -2.19. The van der Waals surface area contributed by atoms with Gasteiger partial charge in [-0.05, 0) is 34.5 Å². The number of nitrogens with zero attached hydrogens (tertiary/aromatic N) is 3. The largest absolute Gasteiger partial charge is 0.488 e. The number of thioether (sulfide) groups is 1. The number of ether oxygens (including phenoxy) is 2. The number of rotatable bonds is 7. The van der Waals surface area contributed by atoms with Gasteiger partial charge in [0.15, 0.2) is 0 Å². The van der Waals surface area contributed by atoms with Crippen LogP contribution in [0.25, 0.3) is 0 Å². The summed E-state index contributed by atoms with van der Waals surface area (Å²) in [5.74, 6) is -0.0932. The number of thiophene rings is 1. The molecule has 0 fully saturated rings. The van der Waals surface area contributed by atoms with Crippen molar-refractivity contribution in [1.82, 2.24) is 14.5 Å². The van der Waals surface area contributed by atoms with Gasteiger partial charge in [-0.2, -0.15) is 11.3 Å². The van der Waals surface area contributed by atoms with E-state index >= 15 is 0 Å². The van der Waals surface area contributed by atoms with Crippen molar-refractivity contribution < 1.29 is 19.1 Å². The second-order valence-corrected chi connectivity index (χ2v) is 9.16. The van der Waals surface area contributed by atoms with E-state index in [1.807, 2.05) is 29.0 Å². The topological polar surface area (TPSA) is 90.7 Å². The minimum absolute atomic E-state index is 0.0220. The van der Waals surface area contributed by atoms with Crippen molar-refractivity contribution >= 4 is 35.0 Å². The van der Waals surface area contributed by atoms with Gasteiger partial charge in [0.2, 0.25) is 5.91 Å². The Kier molecular flexibility index (Phi) is 7.46. The average molecular weight is 486 g/mol. The van der Waals surface area contributed by atoms with E-state index in [4.69, 9.17) is 9.47 Å². The van der Waals surface area contributed by atoms with Crippen LogP contribution in [0.3, 0.4) is 0 Å². The van der Waals surface area contributed by atoms with Gasteiger partial charge in [0.05, 0.1) is 12.9 Å². The molecule has 0 unspecified atom stereocenters. The zero-order valence-electron chi connectivity index (χ0n) is 18.1. The Morgan fingerprint density at radius 2 is 2.00 bits per heavy atom. The minimum Gasteiger partial charge on any atom is -0.488 e. The van der Waals surface area contributed by atoms with E-state index < -0.39 is 5.97 Å². The summed E-state index contributed by atoms with van der Waals surface area (Å²) in [5, 5.41) is 3.88. The van der Waals surface area contributed by atoms with Gasteiger partial charge in [-0.25, -0.2) is 4.79 Å². The first-order chi connectivity index (χ1) is 16.1. The predicted molar refractivity (Wildman–Crippen MR) is 126 cm³/mol. The maximum absolute atomic E-state index is 12.9. The highest BCUT2D eigenvalue weighted by Crippen LogP contribution is 2.25. The molecular formula is C23H23N3O5S2. The zero-order chi connectivity index (χ0) is 23.2. The van der Waals surface area contributed by atoms with Gasteiger partial charge < -0.3 is 18.9 Å². The number of methoxy groups -OCH3 is 1. The van der Waals surface area contributed by atoms with Crippen molar-refractivity contribution in [1.29, 1.82) is 0 Å². The summed E-state index contributed by atoms with van der Waals surface area (Å²) in [6.07, 6.45) is 3.73. The molecule has 0 saturated carbocycles. The normalized spacial score (nSPS) is 13.2. The molecule has 33 heavy (non-hydrogen) atoms. The van der Waals surface area contributed by atoms with Crippen molar-refractivity contribution in [2.75, 3.05) is 26.0 Å². The van der Waals surface area contributed by atoms with Crippen molar-refractivity contribution in [2.45, 2.75) is 24.5 Å². The molecule has 4 rings (SSSR count). The molecule has 0 bridgehead atoms. The van der Waals surface area contributed by atoms with Crippen molar-refractivity contribution in [3.8, 4) is 5.75 Å². The fraction of sp³-hybridized carbons (Fsp3) is 0.304. The first-order valence-corrected chi connectivity index (χ1v) is 12.3. The molecule has 0 aromatic carbocycles. The smallest absolute Gasteiger partial charge is 0.343 e. The standard InChI is InChI=1S/C23H23N3O5S2/c1-30-23(29)22-18-4-8-25(21(28)15-33-17-2-6-24-7-3-17)9-10-26(18)20(27)12-19(22)31-13-16-5-11-32-14-16/h2-3,5-7,11-12,14H,4,8-10,13,15H2,1H3. The van der Waals surface area contributed by atoms with Crippen molar-refractivity contribution in [2.24, 2.45) is 0 Å². The van der Waals surface area contributed by atoms with E-state index in [1.165, 1.54) is 24.9 Å². The molecule has 8 nitrogen and oxygen atoms in total. The Morgan fingerprint density at radius 3 is 2.73 bits per heavy atom. The summed E-state index contributed by atoms with van der Waals surface area (Å²) in [6, 6.07) is 6.97. The van der Waals surface area contributed by atoms with E-state index in [-0.39, 0.29) is 35.1 Å². The second kappa shape index (κ2) is 10.7. The summed E-state index contributed by atoms with van der Waals surface area (Å²) in [4.78, 5) is 45.0. The highest BCUT2D eigenvalue weighted by molar-refractivity contribution is 8.00. The molecule has 0 N–H and O–H groups in total. The summed E-state index contributed by atoms with van der Waals surface area (Å²) in [6.45, 7) is 1.33. The molecule has 0 saturated heterocycles. The number of carbonyl (C=O) groups is 2. The number of hydrogen-bond donors (Lipinski definition) is 0. The second-order valence-electron chi connectivity index (χ2n) is 7.33. The summed E-state index contributed by atoms with van der Waals surface area (Å²) in [7, 11) is 1.30. The van der Waals surface area contributed by atoms with Gasteiger partial charge in [0.1, 0.15) is 17.9 Å². The molecule has 4 heterocycles. The maximum Gasteiger partial charge on any atom is 0.343 e. The van der Waals surface area contributed by atoms with Crippen LogP contribution in [0.15, 0.2) is 57.1 Å². The van der Waals surface area contributed by atoms with Gasteiger partial charge in [-0.3, -0.25) is 14.6 Å². The van der Waals surface area contributed by atoms with Crippen LogP contribution >= 0.6 is 23.1 Å².